The highest BCUT2D eigenvalue weighted by molar-refractivity contribution is 6.11. The van der Waals surface area contributed by atoms with Crippen LogP contribution in [-0.4, -0.2) is 17.3 Å². The molecule has 1 aromatic carbocycles. The van der Waals surface area contributed by atoms with Crippen molar-refractivity contribution in [1.29, 1.82) is 0 Å². The number of anilines is 1. The van der Waals surface area contributed by atoms with E-state index in [4.69, 9.17) is 0 Å². The number of pyridine rings is 1. The minimum atomic E-state index is 0.00963. The molecular weight excluding hydrogens is 236 g/mol. The Labute approximate surface area is 113 Å². The van der Waals surface area contributed by atoms with Crippen LogP contribution in [0.3, 0.4) is 0 Å². The van der Waals surface area contributed by atoms with Crippen molar-refractivity contribution in [1.82, 2.24) is 4.98 Å². The predicted molar refractivity (Wildman–Crippen MR) is 77.6 cm³/mol. The molecule has 1 heterocycles. The summed E-state index contributed by atoms with van der Waals surface area (Å²) in [6.07, 6.45) is 2.69. The SMILES string of the molecule is CCCNc1ncccc1C(=O)c1cccc(C)c1. The standard InChI is InChI=1S/C16H18N2O/c1-3-9-17-16-14(8-5-10-18-16)15(19)13-7-4-6-12(2)11-13/h4-8,10-11H,3,9H2,1-2H3,(H,17,18). The molecule has 0 spiro atoms. The maximum atomic E-state index is 12.5. The first-order chi connectivity index (χ1) is 9.22. The van der Waals surface area contributed by atoms with E-state index in [2.05, 4.69) is 17.2 Å². The summed E-state index contributed by atoms with van der Waals surface area (Å²) in [4.78, 5) is 16.8. The number of carbonyl (C=O) groups excluding carboxylic acids is 1. The zero-order valence-corrected chi connectivity index (χ0v) is 11.3. The zero-order chi connectivity index (χ0) is 13.7. The van der Waals surface area contributed by atoms with Gasteiger partial charge in [-0.25, -0.2) is 4.98 Å². The number of hydrogen-bond acceptors (Lipinski definition) is 3. The van der Waals surface area contributed by atoms with E-state index in [1.807, 2.05) is 37.3 Å². The van der Waals surface area contributed by atoms with Crippen LogP contribution in [0.15, 0.2) is 42.6 Å². The van der Waals surface area contributed by atoms with Crippen LogP contribution in [0.5, 0.6) is 0 Å². The van der Waals surface area contributed by atoms with Gasteiger partial charge < -0.3 is 5.32 Å². The second-order valence-electron chi connectivity index (χ2n) is 4.52. The van der Waals surface area contributed by atoms with Gasteiger partial charge in [0.25, 0.3) is 0 Å². The van der Waals surface area contributed by atoms with Crippen LogP contribution in [0.4, 0.5) is 5.82 Å². The van der Waals surface area contributed by atoms with Gasteiger partial charge in [-0.3, -0.25) is 4.79 Å². The van der Waals surface area contributed by atoms with Crippen molar-refractivity contribution in [3.05, 3.63) is 59.3 Å². The lowest BCUT2D eigenvalue weighted by molar-refractivity contribution is 0.103. The molecule has 1 aromatic heterocycles. The van der Waals surface area contributed by atoms with E-state index in [0.717, 1.165) is 18.5 Å². The average molecular weight is 254 g/mol. The lowest BCUT2D eigenvalue weighted by Crippen LogP contribution is -2.10. The van der Waals surface area contributed by atoms with Crippen molar-refractivity contribution >= 4 is 11.6 Å². The van der Waals surface area contributed by atoms with E-state index in [0.29, 0.717) is 16.9 Å². The maximum absolute atomic E-state index is 12.5. The molecule has 2 aromatic rings. The Morgan fingerprint density at radius 1 is 1.26 bits per heavy atom. The molecule has 2 rings (SSSR count). The lowest BCUT2D eigenvalue weighted by atomic mass is 10.0. The first-order valence-electron chi connectivity index (χ1n) is 6.52. The molecule has 0 atom stereocenters. The van der Waals surface area contributed by atoms with Crippen LogP contribution >= 0.6 is 0 Å². The van der Waals surface area contributed by atoms with Crippen molar-refractivity contribution in [2.45, 2.75) is 20.3 Å². The van der Waals surface area contributed by atoms with E-state index in [9.17, 15) is 4.79 Å². The van der Waals surface area contributed by atoms with Crippen LogP contribution in [-0.2, 0) is 0 Å². The van der Waals surface area contributed by atoms with Crippen LogP contribution < -0.4 is 5.32 Å². The molecule has 98 valence electrons. The minimum Gasteiger partial charge on any atom is -0.369 e. The lowest BCUT2D eigenvalue weighted by Gasteiger charge is -2.09. The third-order valence-corrected chi connectivity index (χ3v) is 2.88. The summed E-state index contributed by atoms with van der Waals surface area (Å²) in [5, 5.41) is 3.20. The second kappa shape index (κ2) is 6.14. The number of rotatable bonds is 5. The fourth-order valence-corrected chi connectivity index (χ4v) is 1.91. The molecule has 1 N–H and O–H groups in total. The number of aryl methyl sites for hydroxylation is 1. The largest absolute Gasteiger partial charge is 0.369 e. The molecular formula is C16H18N2O. The Hall–Kier alpha value is -2.16. The summed E-state index contributed by atoms with van der Waals surface area (Å²) in [5.41, 5.74) is 2.41. The highest BCUT2D eigenvalue weighted by Gasteiger charge is 2.13. The van der Waals surface area contributed by atoms with E-state index in [1.54, 1.807) is 12.3 Å². The summed E-state index contributed by atoms with van der Waals surface area (Å²) in [6, 6.07) is 11.2. The summed E-state index contributed by atoms with van der Waals surface area (Å²) >= 11 is 0. The first kappa shape index (κ1) is 13.3. The van der Waals surface area contributed by atoms with Gasteiger partial charge >= 0.3 is 0 Å². The Balaban J connectivity index is 2.33. The van der Waals surface area contributed by atoms with Gasteiger partial charge in [-0.1, -0.05) is 30.7 Å². The Morgan fingerprint density at radius 3 is 2.84 bits per heavy atom. The molecule has 3 nitrogen and oxygen atoms in total. The number of nitrogens with zero attached hydrogens (tertiary/aromatic N) is 1. The molecule has 3 heteroatoms. The van der Waals surface area contributed by atoms with Crippen molar-refractivity contribution in [2.75, 3.05) is 11.9 Å². The van der Waals surface area contributed by atoms with Crippen LogP contribution in [0, 0.1) is 6.92 Å². The van der Waals surface area contributed by atoms with E-state index in [-0.39, 0.29) is 5.78 Å². The van der Waals surface area contributed by atoms with Gasteiger partial charge in [0.2, 0.25) is 0 Å². The molecule has 19 heavy (non-hydrogen) atoms. The first-order valence-corrected chi connectivity index (χ1v) is 6.52. The number of benzene rings is 1. The molecule has 0 fully saturated rings. The van der Waals surface area contributed by atoms with E-state index in [1.165, 1.54) is 0 Å². The average Bonchev–Trinajstić information content (AvgIpc) is 2.44. The van der Waals surface area contributed by atoms with E-state index >= 15 is 0 Å². The van der Waals surface area contributed by atoms with Crippen molar-refractivity contribution in [3.63, 3.8) is 0 Å². The molecule has 0 bridgehead atoms. The predicted octanol–water partition coefficient (Wildman–Crippen LogP) is 3.44. The van der Waals surface area contributed by atoms with Crippen molar-refractivity contribution in [3.8, 4) is 0 Å². The highest BCUT2D eigenvalue weighted by Crippen LogP contribution is 2.17. The van der Waals surface area contributed by atoms with Crippen LogP contribution in [0.25, 0.3) is 0 Å². The summed E-state index contributed by atoms with van der Waals surface area (Å²) in [7, 11) is 0. The quantitative estimate of drug-likeness (QED) is 0.831. The number of nitrogens with one attached hydrogen (secondary N) is 1. The van der Waals surface area contributed by atoms with Crippen LogP contribution in [0.1, 0.15) is 34.8 Å². The molecule has 0 aliphatic carbocycles. The Bertz CT molecular complexity index is 578. The molecule has 0 aliphatic heterocycles. The second-order valence-corrected chi connectivity index (χ2v) is 4.52. The summed E-state index contributed by atoms with van der Waals surface area (Å²) in [6.45, 7) is 4.87. The fraction of sp³-hybridized carbons (Fsp3) is 0.250. The van der Waals surface area contributed by atoms with Crippen molar-refractivity contribution < 1.29 is 4.79 Å². The topological polar surface area (TPSA) is 42.0 Å². The normalized spacial score (nSPS) is 10.2. The number of ketones is 1. The van der Waals surface area contributed by atoms with Gasteiger partial charge in [-0.2, -0.15) is 0 Å². The van der Waals surface area contributed by atoms with Gasteiger partial charge in [0, 0.05) is 18.3 Å². The minimum absolute atomic E-state index is 0.00963. The molecule has 0 radical (unpaired) electrons. The molecule has 0 unspecified atom stereocenters. The molecule has 0 saturated heterocycles. The zero-order valence-electron chi connectivity index (χ0n) is 11.3. The number of hydrogen-bond donors (Lipinski definition) is 1. The third kappa shape index (κ3) is 3.19. The highest BCUT2D eigenvalue weighted by atomic mass is 16.1. The summed E-state index contributed by atoms with van der Waals surface area (Å²) < 4.78 is 0. The van der Waals surface area contributed by atoms with Crippen molar-refractivity contribution in [2.24, 2.45) is 0 Å². The van der Waals surface area contributed by atoms with Crippen LogP contribution in [0.2, 0.25) is 0 Å². The van der Waals surface area contributed by atoms with Gasteiger partial charge in [0.05, 0.1) is 5.56 Å². The van der Waals surface area contributed by atoms with Gasteiger partial charge in [0.1, 0.15) is 5.82 Å². The van der Waals surface area contributed by atoms with E-state index < -0.39 is 0 Å². The van der Waals surface area contributed by atoms with Gasteiger partial charge in [-0.15, -0.1) is 0 Å². The molecule has 0 aliphatic rings. The Kier molecular flexibility index (Phi) is 4.29. The Morgan fingerprint density at radius 2 is 2.11 bits per heavy atom. The van der Waals surface area contributed by atoms with Gasteiger partial charge in [-0.05, 0) is 31.5 Å². The third-order valence-electron chi connectivity index (χ3n) is 2.88. The van der Waals surface area contributed by atoms with Gasteiger partial charge in [0.15, 0.2) is 5.78 Å². The number of aromatic nitrogens is 1. The summed E-state index contributed by atoms with van der Waals surface area (Å²) in [5.74, 6) is 0.672. The molecule has 0 saturated carbocycles. The monoisotopic (exact) mass is 254 g/mol. The molecule has 0 amide bonds. The fourth-order valence-electron chi connectivity index (χ4n) is 1.91. The number of carbonyl (C=O) groups is 1. The smallest absolute Gasteiger partial charge is 0.196 e. The maximum Gasteiger partial charge on any atom is 0.196 e.